The predicted octanol–water partition coefficient (Wildman–Crippen LogP) is 7.44. The zero-order valence-electron chi connectivity index (χ0n) is 20.6. The lowest BCUT2D eigenvalue weighted by molar-refractivity contribution is -0.206. The largest absolute Gasteiger partial charge is 0.414 e. The van der Waals surface area contributed by atoms with Crippen molar-refractivity contribution in [2.45, 2.75) is 123 Å². The van der Waals surface area contributed by atoms with Gasteiger partial charge in [-0.2, -0.15) is 13.2 Å². The second-order valence-electron chi connectivity index (χ2n) is 11.9. The Morgan fingerprint density at radius 3 is 2.53 bits per heavy atom. The van der Waals surface area contributed by atoms with E-state index in [1.165, 1.54) is 31.3 Å². The molecule has 2 nitrogen and oxygen atoms in total. The topological polar surface area (TPSA) is 40.5 Å². The summed E-state index contributed by atoms with van der Waals surface area (Å²) in [4.78, 5) is 0. The molecular weight excluding hydrogens is 413 g/mol. The highest BCUT2D eigenvalue weighted by Crippen LogP contribution is 2.59. The molecule has 2 N–H and O–H groups in total. The van der Waals surface area contributed by atoms with E-state index < -0.39 is 17.9 Å². The standard InChI is InChI=1S/C27H45F3O2/c1-5-6-7-23-22(12-11-21-17-25(3,32)14-15-26(21,23)4)20-10-9-19(16-20)18(2)8-13-24(31)27(28,29)30/h11,18-20,22-24,31-32H,5-10,12-17H2,1-4H3. The summed E-state index contributed by atoms with van der Waals surface area (Å²) in [5, 5.41) is 20.1. The molecule has 0 bridgehead atoms. The summed E-state index contributed by atoms with van der Waals surface area (Å²) in [6.45, 7) is 8.74. The first-order valence-electron chi connectivity index (χ1n) is 13.0. The van der Waals surface area contributed by atoms with Crippen molar-refractivity contribution in [3.63, 3.8) is 0 Å². The number of allylic oxidation sites excluding steroid dienone is 1. The molecule has 2 fully saturated rings. The number of aliphatic hydroxyl groups excluding tert-OH is 1. The summed E-state index contributed by atoms with van der Waals surface area (Å²) >= 11 is 0. The van der Waals surface area contributed by atoms with Crippen molar-refractivity contribution in [1.29, 1.82) is 0 Å². The van der Waals surface area contributed by atoms with Crippen LogP contribution in [0.15, 0.2) is 11.6 Å². The molecule has 8 atom stereocenters. The molecule has 5 heteroatoms. The van der Waals surface area contributed by atoms with Crippen LogP contribution in [0.5, 0.6) is 0 Å². The number of unbranched alkanes of at least 4 members (excludes halogenated alkanes) is 1. The van der Waals surface area contributed by atoms with Crippen LogP contribution in [-0.2, 0) is 0 Å². The molecule has 0 saturated heterocycles. The number of rotatable bonds is 8. The smallest absolute Gasteiger partial charge is 0.390 e. The van der Waals surface area contributed by atoms with Crippen molar-refractivity contribution in [1.82, 2.24) is 0 Å². The van der Waals surface area contributed by atoms with Gasteiger partial charge in [0.2, 0.25) is 0 Å². The van der Waals surface area contributed by atoms with Crippen LogP contribution < -0.4 is 0 Å². The summed E-state index contributed by atoms with van der Waals surface area (Å²) in [6, 6.07) is 0. The zero-order chi connectivity index (χ0) is 23.7. The number of hydrogen-bond acceptors (Lipinski definition) is 2. The van der Waals surface area contributed by atoms with Crippen LogP contribution in [0.2, 0.25) is 0 Å². The molecule has 0 aromatic rings. The maximum atomic E-state index is 12.7. The zero-order valence-corrected chi connectivity index (χ0v) is 20.6. The van der Waals surface area contributed by atoms with Gasteiger partial charge in [0.1, 0.15) is 6.10 Å². The predicted molar refractivity (Wildman–Crippen MR) is 123 cm³/mol. The molecule has 2 saturated carbocycles. The van der Waals surface area contributed by atoms with Gasteiger partial charge in [0.25, 0.3) is 0 Å². The fourth-order valence-corrected chi connectivity index (χ4v) is 7.29. The van der Waals surface area contributed by atoms with E-state index in [2.05, 4.69) is 26.8 Å². The molecule has 3 rings (SSSR count). The maximum absolute atomic E-state index is 12.7. The third-order valence-electron chi connectivity index (χ3n) is 9.53. The van der Waals surface area contributed by atoms with Gasteiger partial charge >= 0.3 is 6.18 Å². The minimum absolute atomic E-state index is 0.181. The molecule has 0 aliphatic heterocycles. The first-order chi connectivity index (χ1) is 14.9. The molecule has 8 unspecified atom stereocenters. The second-order valence-corrected chi connectivity index (χ2v) is 11.9. The van der Waals surface area contributed by atoms with Crippen molar-refractivity contribution in [3.8, 4) is 0 Å². The van der Waals surface area contributed by atoms with Crippen LogP contribution in [0, 0.1) is 35.0 Å². The normalized spacial score (nSPS) is 40.0. The number of hydrogen-bond donors (Lipinski definition) is 2. The summed E-state index contributed by atoms with van der Waals surface area (Å²) in [5.74, 6) is 2.63. The van der Waals surface area contributed by atoms with E-state index in [9.17, 15) is 23.4 Å². The lowest BCUT2D eigenvalue weighted by atomic mass is 9.52. The fourth-order valence-electron chi connectivity index (χ4n) is 7.29. The quantitative estimate of drug-likeness (QED) is 0.371. The van der Waals surface area contributed by atoms with Gasteiger partial charge in [-0.3, -0.25) is 0 Å². The average Bonchev–Trinajstić information content (AvgIpc) is 3.19. The molecule has 186 valence electrons. The fraction of sp³-hybridized carbons (Fsp3) is 0.926. The lowest BCUT2D eigenvalue weighted by Crippen LogP contribution is -2.46. The van der Waals surface area contributed by atoms with Gasteiger partial charge < -0.3 is 10.2 Å². The summed E-state index contributed by atoms with van der Waals surface area (Å²) in [5.41, 5.74) is 1.07. The number of aliphatic hydroxyl groups is 2. The Bertz CT molecular complexity index is 656. The van der Waals surface area contributed by atoms with E-state index in [1.54, 1.807) is 0 Å². The van der Waals surface area contributed by atoms with Crippen molar-refractivity contribution in [2.24, 2.45) is 35.0 Å². The minimum Gasteiger partial charge on any atom is -0.390 e. The highest BCUT2D eigenvalue weighted by atomic mass is 19.4. The molecule has 0 aromatic heterocycles. The summed E-state index contributed by atoms with van der Waals surface area (Å²) < 4.78 is 38.0. The van der Waals surface area contributed by atoms with E-state index in [4.69, 9.17) is 0 Å². The molecule has 3 aliphatic carbocycles. The third kappa shape index (κ3) is 5.74. The van der Waals surface area contributed by atoms with E-state index in [-0.39, 0.29) is 17.8 Å². The van der Waals surface area contributed by atoms with Gasteiger partial charge in [-0.25, -0.2) is 0 Å². The van der Waals surface area contributed by atoms with E-state index in [1.807, 2.05) is 6.92 Å². The molecule has 0 spiro atoms. The van der Waals surface area contributed by atoms with Crippen molar-refractivity contribution >= 4 is 0 Å². The Balaban J connectivity index is 1.67. The molecule has 3 aliphatic rings. The van der Waals surface area contributed by atoms with Crippen molar-refractivity contribution in [3.05, 3.63) is 11.6 Å². The van der Waals surface area contributed by atoms with Crippen molar-refractivity contribution in [2.75, 3.05) is 0 Å². The summed E-state index contributed by atoms with van der Waals surface area (Å²) in [7, 11) is 0. The molecule has 32 heavy (non-hydrogen) atoms. The Kier molecular flexibility index (Phi) is 8.13. The molecule has 0 heterocycles. The number of halogens is 3. The monoisotopic (exact) mass is 458 g/mol. The first kappa shape index (κ1) is 26.1. The Hall–Kier alpha value is -0.550. The van der Waals surface area contributed by atoms with Crippen LogP contribution in [0.3, 0.4) is 0 Å². The van der Waals surface area contributed by atoms with Gasteiger partial charge in [0.15, 0.2) is 0 Å². The molecular formula is C27H45F3O2. The van der Waals surface area contributed by atoms with Crippen LogP contribution in [0.4, 0.5) is 13.2 Å². The van der Waals surface area contributed by atoms with E-state index >= 15 is 0 Å². The number of alkyl halides is 3. The van der Waals surface area contributed by atoms with Gasteiger partial charge in [0.05, 0.1) is 5.60 Å². The van der Waals surface area contributed by atoms with Crippen LogP contribution in [0.1, 0.15) is 105 Å². The molecule has 0 aromatic carbocycles. The van der Waals surface area contributed by atoms with E-state index in [0.717, 1.165) is 38.5 Å². The van der Waals surface area contributed by atoms with Gasteiger partial charge in [0, 0.05) is 0 Å². The Morgan fingerprint density at radius 1 is 1.16 bits per heavy atom. The molecule has 0 radical (unpaired) electrons. The Morgan fingerprint density at radius 2 is 1.88 bits per heavy atom. The van der Waals surface area contributed by atoms with Crippen LogP contribution in [0.25, 0.3) is 0 Å². The third-order valence-corrected chi connectivity index (χ3v) is 9.53. The average molecular weight is 459 g/mol. The van der Waals surface area contributed by atoms with Crippen LogP contribution in [-0.4, -0.2) is 28.1 Å². The number of fused-ring (bicyclic) bond motifs is 1. The second kappa shape index (κ2) is 9.98. The Labute approximate surface area is 193 Å². The van der Waals surface area contributed by atoms with Crippen LogP contribution >= 0.6 is 0 Å². The van der Waals surface area contributed by atoms with Gasteiger partial charge in [-0.05, 0) is 106 Å². The SMILES string of the molecule is CCCCC1C(C2CCC(C(C)CCC(O)C(F)(F)F)C2)CC=C2CC(C)(O)CCC21C. The van der Waals surface area contributed by atoms with Crippen molar-refractivity contribution < 1.29 is 23.4 Å². The van der Waals surface area contributed by atoms with E-state index in [0.29, 0.717) is 30.1 Å². The minimum atomic E-state index is -4.50. The highest BCUT2D eigenvalue weighted by Gasteiger charge is 2.51. The van der Waals surface area contributed by atoms with Gasteiger partial charge in [-0.15, -0.1) is 0 Å². The first-order valence-corrected chi connectivity index (χ1v) is 13.0. The molecule has 0 amide bonds. The maximum Gasteiger partial charge on any atom is 0.414 e. The lowest BCUT2D eigenvalue weighted by Gasteiger charge is -2.53. The van der Waals surface area contributed by atoms with Gasteiger partial charge in [-0.1, -0.05) is 45.3 Å². The highest BCUT2D eigenvalue weighted by molar-refractivity contribution is 5.25. The summed E-state index contributed by atoms with van der Waals surface area (Å²) in [6.07, 6.45) is 6.90.